The van der Waals surface area contributed by atoms with Crippen molar-refractivity contribution in [3.63, 3.8) is 0 Å². The quantitative estimate of drug-likeness (QED) is 0.482. The van der Waals surface area contributed by atoms with Crippen LogP contribution in [-0.4, -0.2) is 27.3 Å². The van der Waals surface area contributed by atoms with E-state index in [1.165, 1.54) is 30.7 Å². The first-order chi connectivity index (χ1) is 10.3. The molecule has 1 fully saturated rings. The summed E-state index contributed by atoms with van der Waals surface area (Å²) in [6.45, 7) is 0. The second kappa shape index (κ2) is 7.44. The Morgan fingerprint density at radius 2 is 1.59 bits per heavy atom. The Labute approximate surface area is 141 Å². The highest BCUT2D eigenvalue weighted by Crippen LogP contribution is 2.23. The number of hydrogen-bond donors (Lipinski definition) is 1. The van der Waals surface area contributed by atoms with Crippen LogP contribution in [0.4, 0.5) is 0 Å². The van der Waals surface area contributed by atoms with Crippen LogP contribution in [-0.2, 0) is 9.47 Å². The van der Waals surface area contributed by atoms with Crippen molar-refractivity contribution in [1.29, 1.82) is 0 Å². The zero-order valence-electron chi connectivity index (χ0n) is 11.8. The Morgan fingerprint density at radius 1 is 1.09 bits per heavy atom. The van der Waals surface area contributed by atoms with Gasteiger partial charge in [0.15, 0.2) is 0 Å². The second-order valence-corrected chi connectivity index (χ2v) is 7.16. The summed E-state index contributed by atoms with van der Waals surface area (Å²) < 4.78 is 7.72. The Kier molecular flexibility index (Phi) is 5.83. The van der Waals surface area contributed by atoms with Gasteiger partial charge in [-0.15, -0.1) is 0 Å². The molecular weight excluding hydrogens is 376 g/mol. The van der Waals surface area contributed by atoms with Gasteiger partial charge in [0.1, 0.15) is 6.10 Å². The molecule has 1 saturated carbocycles. The van der Waals surface area contributed by atoms with Crippen molar-refractivity contribution in [2.75, 3.05) is 0 Å². The molecular formula is C15H16BrClO5. The number of hydrogen-bond acceptors (Lipinski definition) is 5. The van der Waals surface area contributed by atoms with Gasteiger partial charge >= 0.3 is 16.1 Å². The summed E-state index contributed by atoms with van der Waals surface area (Å²) in [7, 11) is 0. The average Bonchev–Trinajstić information content (AvgIpc) is 2.46. The zero-order chi connectivity index (χ0) is 16.2. The van der Waals surface area contributed by atoms with Crippen LogP contribution in [0.2, 0.25) is 0 Å². The van der Waals surface area contributed by atoms with E-state index in [1.54, 1.807) is 0 Å². The maximum atomic E-state index is 12.0. The molecule has 1 aliphatic rings. The van der Waals surface area contributed by atoms with E-state index in [1.807, 2.05) is 0 Å². The fraction of sp³-hybridized carbons (Fsp3) is 0.467. The van der Waals surface area contributed by atoms with E-state index in [9.17, 15) is 9.59 Å². The normalized spacial score (nSPS) is 18.3. The predicted molar refractivity (Wildman–Crippen MR) is 83.9 cm³/mol. The first-order valence-electron chi connectivity index (χ1n) is 7.00. The molecule has 1 unspecified atom stereocenters. The highest BCUT2D eigenvalue weighted by Gasteiger charge is 2.25. The largest absolute Gasteiger partial charge is 0.459 e. The molecule has 1 N–H and O–H groups in total. The minimum atomic E-state index is -2.25. The third kappa shape index (κ3) is 5.26. The van der Waals surface area contributed by atoms with Crippen molar-refractivity contribution in [2.24, 2.45) is 0 Å². The number of carbonyl (C=O) groups is 2. The van der Waals surface area contributed by atoms with Gasteiger partial charge in [-0.25, -0.2) is 9.59 Å². The summed E-state index contributed by atoms with van der Waals surface area (Å²) in [5.74, 6) is -1.22. The van der Waals surface area contributed by atoms with Crippen LogP contribution in [0, 0.1) is 0 Å². The van der Waals surface area contributed by atoms with Crippen LogP contribution in [0.5, 0.6) is 0 Å². The molecule has 0 heterocycles. The standard InChI is InChI=1S/C15H16BrClO5/c16-15(17,20)22-14(19)11-8-6-10(7-9-11)13(18)21-12-4-2-1-3-5-12/h6-9,12,20H,1-5H2. The van der Waals surface area contributed by atoms with Crippen molar-refractivity contribution in [2.45, 2.75) is 42.4 Å². The van der Waals surface area contributed by atoms with E-state index in [0.29, 0.717) is 5.56 Å². The number of halogens is 2. The zero-order valence-corrected chi connectivity index (χ0v) is 14.1. The van der Waals surface area contributed by atoms with Crippen LogP contribution >= 0.6 is 27.5 Å². The topological polar surface area (TPSA) is 72.8 Å². The third-order valence-electron chi connectivity index (χ3n) is 3.40. The highest BCUT2D eigenvalue weighted by molar-refractivity contribution is 9.10. The predicted octanol–water partition coefficient (Wildman–Crippen LogP) is 3.57. The van der Waals surface area contributed by atoms with Crippen molar-refractivity contribution >= 4 is 39.5 Å². The molecule has 0 bridgehead atoms. The van der Waals surface area contributed by atoms with Crippen molar-refractivity contribution < 1.29 is 24.2 Å². The highest BCUT2D eigenvalue weighted by atomic mass is 79.9. The van der Waals surface area contributed by atoms with Gasteiger partial charge < -0.3 is 14.6 Å². The van der Waals surface area contributed by atoms with E-state index in [4.69, 9.17) is 21.4 Å². The fourth-order valence-electron chi connectivity index (χ4n) is 2.32. The van der Waals surface area contributed by atoms with E-state index < -0.39 is 16.1 Å². The molecule has 7 heteroatoms. The minimum absolute atomic E-state index is 0.0226. The molecule has 1 aromatic rings. The van der Waals surface area contributed by atoms with Gasteiger partial charge in [0.2, 0.25) is 0 Å². The van der Waals surface area contributed by atoms with Crippen LogP contribution < -0.4 is 0 Å². The lowest BCUT2D eigenvalue weighted by atomic mass is 9.98. The Morgan fingerprint density at radius 3 is 2.09 bits per heavy atom. The summed E-state index contributed by atoms with van der Waals surface area (Å²) in [5, 5.41) is 9.14. The smallest absolute Gasteiger partial charge is 0.350 e. The molecule has 1 aromatic carbocycles. The van der Waals surface area contributed by atoms with Crippen LogP contribution in [0.3, 0.4) is 0 Å². The average molecular weight is 392 g/mol. The maximum Gasteiger partial charge on any atom is 0.350 e. The van der Waals surface area contributed by atoms with Crippen LogP contribution in [0.1, 0.15) is 52.8 Å². The molecule has 0 aromatic heterocycles. The number of benzene rings is 1. The molecule has 0 radical (unpaired) electrons. The van der Waals surface area contributed by atoms with Gasteiger partial charge in [-0.05, 0) is 61.5 Å². The number of ether oxygens (including phenoxy) is 2. The SMILES string of the molecule is O=C(OC1CCCCC1)c1ccc(C(=O)OC(O)(Cl)Br)cc1. The maximum absolute atomic E-state index is 12.0. The lowest BCUT2D eigenvalue weighted by Gasteiger charge is -2.21. The van der Waals surface area contributed by atoms with Gasteiger partial charge in [-0.3, -0.25) is 0 Å². The number of aliphatic hydroxyl groups is 1. The molecule has 22 heavy (non-hydrogen) atoms. The Balaban J connectivity index is 1.96. The summed E-state index contributed by atoms with van der Waals surface area (Å²) >= 11 is 7.90. The number of alkyl halides is 2. The van der Waals surface area contributed by atoms with Crippen molar-refractivity contribution in [3.8, 4) is 0 Å². The summed E-state index contributed by atoms with van der Waals surface area (Å²) in [4.78, 5) is 23.7. The van der Waals surface area contributed by atoms with Gasteiger partial charge in [0.25, 0.3) is 0 Å². The minimum Gasteiger partial charge on any atom is -0.459 e. The van der Waals surface area contributed by atoms with Crippen molar-refractivity contribution in [3.05, 3.63) is 35.4 Å². The summed E-state index contributed by atoms with van der Waals surface area (Å²) in [6.07, 6.45) is 5.12. The van der Waals surface area contributed by atoms with Gasteiger partial charge in [-0.1, -0.05) is 6.42 Å². The molecule has 0 aliphatic heterocycles. The van der Waals surface area contributed by atoms with E-state index in [-0.39, 0.29) is 11.7 Å². The Hall–Kier alpha value is -1.11. The number of esters is 2. The Bertz CT molecular complexity index is 532. The first-order valence-corrected chi connectivity index (χ1v) is 8.17. The van der Waals surface area contributed by atoms with Gasteiger partial charge in [0, 0.05) is 15.9 Å². The summed E-state index contributed by atoms with van der Waals surface area (Å²) in [6, 6.07) is 5.78. The number of rotatable bonds is 4. The first kappa shape index (κ1) is 17.2. The number of carbonyl (C=O) groups excluding carboxylic acids is 2. The molecule has 2 rings (SSSR count). The molecule has 0 amide bonds. The summed E-state index contributed by atoms with van der Waals surface area (Å²) in [5.41, 5.74) is 0.523. The second-order valence-electron chi connectivity index (χ2n) is 5.12. The van der Waals surface area contributed by atoms with Crippen LogP contribution in [0.25, 0.3) is 0 Å². The third-order valence-corrected chi connectivity index (χ3v) is 3.64. The molecule has 120 valence electrons. The van der Waals surface area contributed by atoms with Crippen LogP contribution in [0.15, 0.2) is 24.3 Å². The molecule has 0 saturated heterocycles. The van der Waals surface area contributed by atoms with Gasteiger partial charge in [0.05, 0.1) is 11.1 Å². The van der Waals surface area contributed by atoms with E-state index in [0.717, 1.165) is 25.7 Å². The van der Waals surface area contributed by atoms with Crippen molar-refractivity contribution in [1.82, 2.24) is 0 Å². The van der Waals surface area contributed by atoms with Gasteiger partial charge in [-0.2, -0.15) is 0 Å². The molecule has 1 aliphatic carbocycles. The molecule has 0 spiro atoms. The monoisotopic (exact) mass is 390 g/mol. The lowest BCUT2D eigenvalue weighted by molar-refractivity contribution is -0.0330. The molecule has 1 atom stereocenters. The fourth-order valence-corrected chi connectivity index (χ4v) is 2.53. The molecule has 5 nitrogen and oxygen atoms in total. The van der Waals surface area contributed by atoms with E-state index in [2.05, 4.69) is 20.7 Å². The lowest BCUT2D eigenvalue weighted by Crippen LogP contribution is -2.22. The van der Waals surface area contributed by atoms with E-state index >= 15 is 0 Å².